The summed E-state index contributed by atoms with van der Waals surface area (Å²) in [6.45, 7) is 6.09. The largest absolute Gasteiger partial charge is 0.496 e. The number of aromatic amines is 1. The number of anilines is 3. The summed E-state index contributed by atoms with van der Waals surface area (Å²) in [5.41, 5.74) is 13.7. The summed E-state index contributed by atoms with van der Waals surface area (Å²) in [6, 6.07) is 4.29. The number of nitrogens with zero attached hydrogens (tertiary/aromatic N) is 6. The number of H-pyrrole nitrogens is 1. The van der Waals surface area contributed by atoms with Crippen molar-refractivity contribution < 1.29 is 122 Å². The maximum Gasteiger partial charge on any atom is 0.426 e. The van der Waals surface area contributed by atoms with Crippen molar-refractivity contribution in [1.29, 1.82) is 5.41 Å². The minimum atomic E-state index is -2.75. The summed E-state index contributed by atoms with van der Waals surface area (Å²) in [7, 11) is 6.31. The zero-order valence-corrected chi connectivity index (χ0v) is 76.7. The van der Waals surface area contributed by atoms with Crippen LogP contribution in [-0.4, -0.2) is 304 Å². The fourth-order valence-corrected chi connectivity index (χ4v) is 22.5. The van der Waals surface area contributed by atoms with Crippen molar-refractivity contribution in [3.8, 4) is 5.75 Å². The van der Waals surface area contributed by atoms with E-state index in [0.717, 1.165) is 43.9 Å². The van der Waals surface area contributed by atoms with E-state index in [2.05, 4.69) is 89.9 Å². The first kappa shape index (κ1) is 102. The molecule has 46 nitrogen and oxygen atoms in total. The Bertz CT molecular complexity index is 5620. The van der Waals surface area contributed by atoms with Gasteiger partial charge in [0.15, 0.2) is 22.7 Å². The van der Waals surface area contributed by atoms with Gasteiger partial charge in [-0.25, -0.2) is 29.8 Å². The Morgan fingerprint density at radius 2 is 1.41 bits per heavy atom. The first-order valence-electron chi connectivity index (χ1n) is 44.1. The molecule has 732 valence electrons. The summed E-state index contributed by atoms with van der Waals surface area (Å²) in [5.74, 6) is -19.9. The Balaban J connectivity index is 0.659. The van der Waals surface area contributed by atoms with Crippen LogP contribution < -0.4 is 80.0 Å². The Hall–Kier alpha value is -13.3. The van der Waals surface area contributed by atoms with E-state index in [-0.39, 0.29) is 66.7 Å². The molecule has 16 atom stereocenters. The minimum Gasteiger partial charge on any atom is -0.496 e. The fourth-order valence-electron chi connectivity index (χ4n) is 20.5. The van der Waals surface area contributed by atoms with Crippen LogP contribution in [0.4, 0.5) is 22.1 Å². The predicted molar refractivity (Wildman–Crippen MR) is 489 cm³/mol. The van der Waals surface area contributed by atoms with Crippen LogP contribution in [-0.2, 0) is 85.4 Å². The highest BCUT2D eigenvalue weighted by Crippen LogP contribution is 2.69. The van der Waals surface area contributed by atoms with Gasteiger partial charge in [0.05, 0.1) is 63.6 Å². The Labute approximate surface area is 785 Å². The van der Waals surface area contributed by atoms with Crippen LogP contribution in [0.1, 0.15) is 148 Å². The van der Waals surface area contributed by atoms with Gasteiger partial charge in [-0.05, 0) is 141 Å². The molecule has 3 fully saturated rings. The number of carbonyl (C=O) groups excluding carboxylic acids is 9. The number of amides is 8. The molecule has 2 saturated heterocycles. The number of carboxylic acids is 5. The molecule has 1 spiro atoms. The second-order valence-corrected chi connectivity index (χ2v) is 37.4. The Morgan fingerprint density at radius 3 is 2.05 bits per heavy atom. The zero-order valence-electron chi connectivity index (χ0n) is 75.0. The lowest BCUT2D eigenvalue weighted by molar-refractivity contribution is -0.217. The molecule has 1 saturated carbocycles. The van der Waals surface area contributed by atoms with Gasteiger partial charge in [-0.1, -0.05) is 71.9 Å². The Morgan fingerprint density at radius 1 is 0.757 bits per heavy atom. The monoisotopic (exact) mass is 1930 g/mol. The quantitative estimate of drug-likeness (QED) is 0.00442. The number of fused-ring (bicyclic) bond motifs is 8. The van der Waals surface area contributed by atoms with Gasteiger partial charge in [-0.15, -0.1) is 0 Å². The van der Waals surface area contributed by atoms with Crippen LogP contribution in [0.5, 0.6) is 5.75 Å². The average molecular weight is 1930 g/mol. The van der Waals surface area contributed by atoms with E-state index >= 15 is 9.59 Å². The number of rotatable bonds is 41. The third kappa shape index (κ3) is 21.6. The molecular formula is C88H112N20O26S2. The van der Waals surface area contributed by atoms with Gasteiger partial charge in [0.1, 0.15) is 60.1 Å². The van der Waals surface area contributed by atoms with Gasteiger partial charge in [-0.3, -0.25) is 83.2 Å². The van der Waals surface area contributed by atoms with Crippen molar-refractivity contribution >= 4 is 145 Å². The molecule has 0 radical (unpaired) electrons. The summed E-state index contributed by atoms with van der Waals surface area (Å²) >= 11 is 0. The number of nitrogen functional groups attached to an aromatic ring is 1. The van der Waals surface area contributed by atoms with Gasteiger partial charge in [-0.2, -0.15) is 4.98 Å². The molecule has 12 rings (SSSR count). The van der Waals surface area contributed by atoms with Crippen LogP contribution in [0.25, 0.3) is 16.7 Å². The number of aliphatic carboxylic acids is 5. The van der Waals surface area contributed by atoms with Crippen LogP contribution in [0.3, 0.4) is 0 Å². The molecule has 7 aliphatic rings. The van der Waals surface area contributed by atoms with Crippen LogP contribution in [0, 0.1) is 16.7 Å². The summed E-state index contributed by atoms with van der Waals surface area (Å²) in [5, 5.41) is 115. The summed E-state index contributed by atoms with van der Waals surface area (Å²) < 4.78 is 17.8. The molecule has 2 aliphatic carbocycles. The molecule has 8 amide bonds. The molecule has 136 heavy (non-hydrogen) atoms. The molecule has 7 heterocycles. The van der Waals surface area contributed by atoms with Crippen LogP contribution in [0.2, 0.25) is 0 Å². The number of nitrogens with two attached hydrogens (primary N) is 2. The van der Waals surface area contributed by atoms with Crippen LogP contribution in [0.15, 0.2) is 89.4 Å². The van der Waals surface area contributed by atoms with E-state index in [1.54, 1.807) is 11.9 Å². The molecule has 5 aromatic rings. The van der Waals surface area contributed by atoms with Gasteiger partial charge >= 0.3 is 41.9 Å². The lowest BCUT2D eigenvalue weighted by Crippen LogP contribution is -2.82. The number of carboxylic acid groups (broad SMARTS) is 5. The third-order valence-corrected chi connectivity index (χ3v) is 29.0. The van der Waals surface area contributed by atoms with Crippen molar-refractivity contribution in [2.75, 3.05) is 94.6 Å². The highest BCUT2D eigenvalue weighted by molar-refractivity contribution is 8.76. The molecule has 2 aromatic heterocycles. The van der Waals surface area contributed by atoms with Gasteiger partial charge in [0.25, 0.3) is 17.4 Å². The number of likely N-dealkylation sites (N-methyl/N-ethyl adjacent to an activating group) is 1. The number of hydrogen-bond donors (Lipinski definition) is 22. The molecule has 24 N–H and O–H groups in total. The highest BCUT2D eigenvalue weighted by atomic mass is 33.1. The first-order chi connectivity index (χ1) is 64.7. The molecule has 3 unspecified atom stereocenters. The van der Waals surface area contributed by atoms with Gasteiger partial charge in [0.2, 0.25) is 35.5 Å². The predicted octanol–water partition coefficient (Wildman–Crippen LogP) is -0.600. The second kappa shape index (κ2) is 43.2. The van der Waals surface area contributed by atoms with Crippen molar-refractivity contribution in [1.82, 2.24) is 77.8 Å². The fraction of sp³-hybridized carbons (Fsp3) is 0.511. The number of carbonyl (C=O) groups is 14. The van der Waals surface area contributed by atoms with Crippen molar-refractivity contribution in [2.45, 2.75) is 193 Å². The number of esters is 1. The molecule has 3 aromatic carbocycles. The number of nitrogens with one attached hydrogen (secondary N) is 12. The number of ether oxygens (including phenoxy) is 3. The SMILES string of the molecule is CC[C@]1(O)C[C@@H]2CN(CCC3=C(Cc4ccccc43)[C@@](C(=O)OC)(c3cc4c(cc3OC)N(C)C3C4[C@@]45CCCN4CC=C[C@@]5(CC)[C@@H](O)[C@]3(O)C(=O)NNC(=O)OCCSSC[C@H](NC(=O)[C@H](CC(=O)O)NC(=O)[C@H](CC(=O)O)NC(=O)[C@H](CCCNC(=N)N)NC(=O)[C@H](CC(=O)O)NC(=O)CC[C@H](NC(=O)c3ccc(NCc4cnc5nc(N)[nH]c(=O)c5n4)cc3)C(=O)O)C(=O)O)C2)C1. The number of benzene rings is 3. The van der Waals surface area contributed by atoms with E-state index in [4.69, 9.17) is 31.1 Å². The maximum atomic E-state index is 15.7. The topological polar surface area (TPSA) is 706 Å². The van der Waals surface area contributed by atoms with E-state index in [1.165, 1.54) is 44.7 Å². The maximum absolute atomic E-state index is 15.7. The summed E-state index contributed by atoms with van der Waals surface area (Å²) in [6.07, 6.45) is -0.110. The van der Waals surface area contributed by atoms with Crippen LogP contribution >= 0.6 is 21.6 Å². The molecule has 48 heteroatoms. The lowest BCUT2D eigenvalue weighted by atomic mass is 9.46. The zero-order chi connectivity index (χ0) is 98.6. The molecular weight excluding hydrogens is 1820 g/mol. The number of aliphatic hydroxyl groups is 3. The van der Waals surface area contributed by atoms with E-state index < -0.39 is 228 Å². The number of aliphatic hydroxyl groups excluding tert-OH is 1. The number of methoxy groups -OCH3 is 2. The smallest absolute Gasteiger partial charge is 0.426 e. The highest BCUT2D eigenvalue weighted by Gasteiger charge is 2.78. The molecule has 2 bridgehead atoms. The summed E-state index contributed by atoms with van der Waals surface area (Å²) in [4.78, 5) is 223. The van der Waals surface area contributed by atoms with Crippen molar-refractivity contribution in [3.05, 3.63) is 128 Å². The first-order valence-corrected chi connectivity index (χ1v) is 46.6. The van der Waals surface area contributed by atoms with Crippen molar-refractivity contribution in [3.63, 3.8) is 0 Å². The molecule has 5 aliphatic heterocycles. The second-order valence-electron chi connectivity index (χ2n) is 34.8. The third-order valence-electron chi connectivity index (χ3n) is 26.6. The number of piperidine rings is 1. The number of hydrogen-bond acceptors (Lipinski definition) is 32. The number of guanidine groups is 1. The normalized spacial score (nSPS) is 24.1. The van der Waals surface area contributed by atoms with Gasteiger partial charge < -0.3 is 114 Å². The van der Waals surface area contributed by atoms with E-state index in [9.17, 15) is 103 Å². The van der Waals surface area contributed by atoms with E-state index in [0.29, 0.717) is 105 Å². The van der Waals surface area contributed by atoms with Gasteiger partial charge in [0, 0.05) is 103 Å². The van der Waals surface area contributed by atoms with Crippen molar-refractivity contribution in [2.24, 2.45) is 17.1 Å². The van der Waals surface area contributed by atoms with E-state index in [1.807, 2.05) is 55.6 Å². The average Bonchev–Trinajstić information content (AvgIpc) is 1.66. The Kier molecular flexibility index (Phi) is 32.3. The standard InChI is InChI=1S/C88H112N20O26S2/c1-6-84(130)37-44-38-86(80(128)133-5,52-31-46-13-8-9-14-49(46)50(52)22-28-107(41-44)43-84)53-32-51-60(36-61(53)132-4)106(3)68-66(51)87-24-12-27-108(87)26-11-23-85(87,7-2)78(126)88(68,131)79(127)104-105-83(129)134-29-30-135-136-42-59(77(124)125)101-74(120)58(35-65(114)115)100-73(119)57(34-64(112)113)99-71(117)54(15-10-25-92-81(89)90)97-72(118)56(33-63(110)111)96-62(109)21-20-55(76(122)123)98-70(116)45-16-18-47(19-17-45)93-39-48-40-94-69-67(95-48)75(121)103-82(91)102-69/h8-9,11,13-14,16-19,23,32,36,40,44,54-59,66,68,78,93,126,130-131H,6-7,10,12,15,20-22,24-31,33-35,37-39,41-43H2,1-5H3,(H,96,109)(H,97,118)(H,98,116)(H,99,117)(H,100,119)(H,101,120)(H,104,127)(H,105,129)(H,110,111)(H,112,113)(H,114,115)(H,122,123)(H,124,125)(H4,89,90,92)(H3,91,94,102,103,121)/t44-,54-,55-,56-,57-,58-,59-,66?,68?,78+,84-,85-,86+,87+,88-/m0/s1. The number of aromatic nitrogens is 4. The minimum absolute atomic E-state index is 0.0228. The number of hydrazine groups is 1. The lowest BCUT2D eigenvalue weighted by Gasteiger charge is -2.67.